The molecule has 1 aliphatic heterocycles. The van der Waals surface area contributed by atoms with Crippen LogP contribution in [0.2, 0.25) is 5.15 Å². The summed E-state index contributed by atoms with van der Waals surface area (Å²) in [4.78, 5) is 10.5. The number of methoxy groups -OCH3 is 1. The lowest BCUT2D eigenvalue weighted by atomic mass is 9.96. The molecule has 1 atom stereocenters. The second-order valence-corrected chi connectivity index (χ2v) is 4.74. The number of hydrogen-bond donors (Lipinski definition) is 0. The molecule has 0 aliphatic carbocycles. The Labute approximate surface area is 107 Å². The smallest absolute Gasteiger partial charge is 0.199 e. The Kier molecular flexibility index (Phi) is 4.05. The summed E-state index contributed by atoms with van der Waals surface area (Å²) < 4.78 is 5.30. The molecular weight excluding hydrogens is 238 g/mol. The summed E-state index contributed by atoms with van der Waals surface area (Å²) in [6.07, 6.45) is 5.20. The van der Waals surface area contributed by atoms with Crippen molar-refractivity contribution in [3.63, 3.8) is 0 Å². The third-order valence-electron chi connectivity index (χ3n) is 3.34. The van der Waals surface area contributed by atoms with Gasteiger partial charge in [0.05, 0.1) is 7.11 Å². The summed E-state index contributed by atoms with van der Waals surface area (Å²) in [6, 6.07) is 0. The minimum atomic E-state index is 0.385. The molecule has 1 aromatic heterocycles. The van der Waals surface area contributed by atoms with Crippen molar-refractivity contribution >= 4 is 17.4 Å². The molecule has 17 heavy (non-hydrogen) atoms. The van der Waals surface area contributed by atoms with Crippen LogP contribution < -0.4 is 9.64 Å². The predicted molar refractivity (Wildman–Crippen MR) is 68.8 cm³/mol. The monoisotopic (exact) mass is 255 g/mol. The van der Waals surface area contributed by atoms with Gasteiger partial charge >= 0.3 is 0 Å². The summed E-state index contributed by atoms with van der Waals surface area (Å²) in [7, 11) is 1.61. The summed E-state index contributed by atoms with van der Waals surface area (Å²) in [5.41, 5.74) is 0. The molecule has 5 heteroatoms. The van der Waals surface area contributed by atoms with Crippen LogP contribution in [0.5, 0.6) is 5.75 Å². The molecule has 2 rings (SSSR count). The zero-order chi connectivity index (χ0) is 12.3. The van der Waals surface area contributed by atoms with E-state index in [1.54, 1.807) is 7.11 Å². The Hall–Kier alpha value is -1.03. The highest BCUT2D eigenvalue weighted by Crippen LogP contribution is 2.34. The first-order chi connectivity index (χ1) is 8.26. The van der Waals surface area contributed by atoms with Gasteiger partial charge in [0.2, 0.25) is 0 Å². The van der Waals surface area contributed by atoms with Gasteiger partial charge in [-0.1, -0.05) is 24.9 Å². The van der Waals surface area contributed by atoms with Gasteiger partial charge in [-0.25, -0.2) is 9.97 Å². The van der Waals surface area contributed by atoms with E-state index in [1.807, 2.05) is 0 Å². The molecule has 0 radical (unpaired) electrons. The van der Waals surface area contributed by atoms with Crippen molar-refractivity contribution in [1.29, 1.82) is 0 Å². The van der Waals surface area contributed by atoms with E-state index < -0.39 is 0 Å². The fourth-order valence-corrected chi connectivity index (χ4v) is 2.54. The number of aromatic nitrogens is 2. The molecule has 0 bridgehead atoms. The van der Waals surface area contributed by atoms with Gasteiger partial charge in [-0.15, -0.1) is 0 Å². The minimum absolute atomic E-state index is 0.385. The van der Waals surface area contributed by atoms with E-state index in [0.29, 0.717) is 10.9 Å². The zero-order valence-electron chi connectivity index (χ0n) is 10.3. The van der Waals surface area contributed by atoms with Crippen molar-refractivity contribution in [1.82, 2.24) is 9.97 Å². The van der Waals surface area contributed by atoms with Crippen LogP contribution in [0.4, 0.5) is 5.82 Å². The van der Waals surface area contributed by atoms with E-state index in [4.69, 9.17) is 16.3 Å². The molecule has 4 nitrogen and oxygen atoms in total. The highest BCUT2D eigenvalue weighted by Gasteiger charge is 2.23. The summed E-state index contributed by atoms with van der Waals surface area (Å²) in [5.74, 6) is 2.15. The molecule has 1 unspecified atom stereocenters. The van der Waals surface area contributed by atoms with Gasteiger partial charge in [0.15, 0.2) is 16.7 Å². The molecular formula is C12H18ClN3O. The standard InChI is InChI=1S/C12H18ClN3O/c1-3-9-5-4-6-16(7-9)12-10(17-2)11(13)14-8-15-12/h8-9H,3-7H2,1-2H3. The second kappa shape index (κ2) is 5.54. The van der Waals surface area contributed by atoms with Gasteiger partial charge in [-0.2, -0.15) is 0 Å². The summed E-state index contributed by atoms with van der Waals surface area (Å²) >= 11 is 6.02. The molecule has 0 saturated carbocycles. The Bertz CT molecular complexity index is 386. The van der Waals surface area contributed by atoms with Gasteiger partial charge in [0.25, 0.3) is 0 Å². The topological polar surface area (TPSA) is 38.2 Å². The minimum Gasteiger partial charge on any atom is -0.490 e. The maximum atomic E-state index is 6.02. The maximum Gasteiger partial charge on any atom is 0.199 e. The van der Waals surface area contributed by atoms with E-state index >= 15 is 0 Å². The molecule has 0 N–H and O–H groups in total. The van der Waals surface area contributed by atoms with Crippen molar-refractivity contribution in [3.8, 4) is 5.75 Å². The normalized spacial score (nSPS) is 20.4. The van der Waals surface area contributed by atoms with Gasteiger partial charge in [0, 0.05) is 13.1 Å². The number of anilines is 1. The first-order valence-corrected chi connectivity index (χ1v) is 6.43. The fourth-order valence-electron chi connectivity index (χ4n) is 2.34. The van der Waals surface area contributed by atoms with Crippen LogP contribution in [0.15, 0.2) is 6.33 Å². The lowest BCUT2D eigenvalue weighted by Gasteiger charge is -2.33. The number of hydrogen-bond acceptors (Lipinski definition) is 4. The molecule has 0 amide bonds. The van der Waals surface area contributed by atoms with Crippen molar-refractivity contribution in [2.24, 2.45) is 5.92 Å². The molecule has 1 aliphatic rings. The Morgan fingerprint density at radius 3 is 3.06 bits per heavy atom. The second-order valence-electron chi connectivity index (χ2n) is 4.38. The summed E-state index contributed by atoms with van der Waals surface area (Å²) in [5, 5.41) is 0.385. The average molecular weight is 256 g/mol. The Balaban J connectivity index is 2.24. The lowest BCUT2D eigenvalue weighted by Crippen LogP contribution is -2.36. The van der Waals surface area contributed by atoms with E-state index in [-0.39, 0.29) is 0 Å². The first kappa shape index (κ1) is 12.4. The SMILES string of the molecule is CCC1CCCN(c2ncnc(Cl)c2OC)C1. The van der Waals surface area contributed by atoms with Crippen LogP contribution >= 0.6 is 11.6 Å². The third-order valence-corrected chi connectivity index (χ3v) is 3.61. The molecule has 94 valence electrons. The molecule has 0 aromatic carbocycles. The van der Waals surface area contributed by atoms with Gasteiger partial charge < -0.3 is 9.64 Å². The van der Waals surface area contributed by atoms with E-state index in [2.05, 4.69) is 21.8 Å². The van der Waals surface area contributed by atoms with Crippen LogP contribution in [-0.4, -0.2) is 30.2 Å². The molecule has 0 spiro atoms. The molecule has 1 saturated heterocycles. The number of piperidine rings is 1. The number of nitrogens with zero attached hydrogens (tertiary/aromatic N) is 3. The quantitative estimate of drug-likeness (QED) is 0.779. The van der Waals surface area contributed by atoms with Crippen LogP contribution in [0.3, 0.4) is 0 Å². The van der Waals surface area contributed by atoms with Crippen molar-refractivity contribution in [2.75, 3.05) is 25.1 Å². The van der Waals surface area contributed by atoms with Crippen LogP contribution in [-0.2, 0) is 0 Å². The Morgan fingerprint density at radius 2 is 2.35 bits per heavy atom. The zero-order valence-corrected chi connectivity index (χ0v) is 11.1. The molecule has 2 heterocycles. The largest absolute Gasteiger partial charge is 0.490 e. The number of halogens is 1. The summed E-state index contributed by atoms with van der Waals surface area (Å²) in [6.45, 7) is 4.28. The van der Waals surface area contributed by atoms with Gasteiger partial charge in [-0.05, 0) is 18.8 Å². The van der Waals surface area contributed by atoms with Gasteiger partial charge in [-0.3, -0.25) is 0 Å². The molecule has 1 fully saturated rings. The number of rotatable bonds is 3. The van der Waals surface area contributed by atoms with Crippen molar-refractivity contribution in [3.05, 3.63) is 11.5 Å². The Morgan fingerprint density at radius 1 is 1.53 bits per heavy atom. The van der Waals surface area contributed by atoms with Crippen LogP contribution in [0.1, 0.15) is 26.2 Å². The predicted octanol–water partition coefficient (Wildman–Crippen LogP) is 2.77. The van der Waals surface area contributed by atoms with Crippen molar-refractivity contribution < 1.29 is 4.74 Å². The average Bonchev–Trinajstić information content (AvgIpc) is 2.38. The van der Waals surface area contributed by atoms with E-state index in [1.165, 1.54) is 25.6 Å². The highest BCUT2D eigenvalue weighted by atomic mass is 35.5. The van der Waals surface area contributed by atoms with Crippen LogP contribution in [0, 0.1) is 5.92 Å². The lowest BCUT2D eigenvalue weighted by molar-refractivity contribution is 0.385. The maximum absolute atomic E-state index is 6.02. The highest BCUT2D eigenvalue weighted by molar-refractivity contribution is 6.31. The van der Waals surface area contributed by atoms with Crippen LogP contribution in [0.25, 0.3) is 0 Å². The number of ether oxygens (including phenoxy) is 1. The van der Waals surface area contributed by atoms with E-state index in [0.717, 1.165) is 24.8 Å². The fraction of sp³-hybridized carbons (Fsp3) is 0.667. The van der Waals surface area contributed by atoms with E-state index in [9.17, 15) is 0 Å². The van der Waals surface area contributed by atoms with Crippen molar-refractivity contribution in [2.45, 2.75) is 26.2 Å². The van der Waals surface area contributed by atoms with Gasteiger partial charge in [0.1, 0.15) is 6.33 Å². The molecule has 1 aromatic rings. The first-order valence-electron chi connectivity index (χ1n) is 6.05. The third kappa shape index (κ3) is 2.63.